The molecule has 13 heavy (non-hydrogen) atoms. The number of alkyl halides is 3. The van der Waals surface area contributed by atoms with Gasteiger partial charge in [-0.05, 0) is 50.7 Å². The highest BCUT2D eigenvalue weighted by atomic mass is 127. The number of halogens is 6. The molecule has 0 bridgehead atoms. The second kappa shape index (κ2) is 3.94. The highest BCUT2D eigenvalue weighted by Gasteiger charge is 2.34. The van der Waals surface area contributed by atoms with E-state index in [9.17, 15) is 13.2 Å². The van der Waals surface area contributed by atoms with Crippen molar-refractivity contribution in [2.45, 2.75) is 6.18 Å². The summed E-state index contributed by atoms with van der Waals surface area (Å²) in [5.74, 6) is 0. The Kier molecular flexibility index (Phi) is 3.51. The van der Waals surface area contributed by atoms with Crippen molar-refractivity contribution in [2.75, 3.05) is 0 Å². The van der Waals surface area contributed by atoms with E-state index < -0.39 is 11.7 Å². The highest BCUT2D eigenvalue weighted by Crippen LogP contribution is 2.39. The van der Waals surface area contributed by atoms with Gasteiger partial charge < -0.3 is 0 Å². The summed E-state index contributed by atoms with van der Waals surface area (Å²) >= 11 is 10.2. The van der Waals surface area contributed by atoms with Crippen molar-refractivity contribution >= 4 is 50.1 Å². The van der Waals surface area contributed by atoms with E-state index in [4.69, 9.17) is 11.6 Å². The first kappa shape index (κ1) is 11.6. The first-order chi connectivity index (χ1) is 5.82. The van der Waals surface area contributed by atoms with E-state index in [1.165, 1.54) is 6.07 Å². The summed E-state index contributed by atoms with van der Waals surface area (Å²) in [5.41, 5.74) is -0.812. The summed E-state index contributed by atoms with van der Waals surface area (Å²) in [5, 5.41) is -0.298. The van der Waals surface area contributed by atoms with Crippen LogP contribution < -0.4 is 0 Å². The second-order valence-electron chi connectivity index (χ2n) is 2.25. The minimum Gasteiger partial charge on any atom is -0.166 e. The first-order valence-electron chi connectivity index (χ1n) is 3.04. The number of benzene rings is 1. The molecule has 0 nitrogen and oxygen atoms in total. The highest BCUT2D eigenvalue weighted by molar-refractivity contribution is 14.1. The van der Waals surface area contributed by atoms with E-state index in [1.807, 2.05) is 0 Å². The van der Waals surface area contributed by atoms with Crippen molar-refractivity contribution in [3.63, 3.8) is 0 Å². The molecule has 0 saturated heterocycles. The van der Waals surface area contributed by atoms with Crippen molar-refractivity contribution in [1.29, 1.82) is 0 Å². The maximum atomic E-state index is 12.3. The predicted molar refractivity (Wildman–Crippen MR) is 56.9 cm³/mol. The van der Waals surface area contributed by atoms with E-state index >= 15 is 0 Å². The molecule has 6 heteroatoms. The van der Waals surface area contributed by atoms with Crippen LogP contribution in [0.25, 0.3) is 0 Å². The van der Waals surface area contributed by atoms with Crippen LogP contribution in [-0.4, -0.2) is 0 Å². The van der Waals surface area contributed by atoms with Gasteiger partial charge in [0.1, 0.15) is 0 Å². The molecule has 0 radical (unpaired) electrons. The maximum absolute atomic E-state index is 12.3. The Balaban J connectivity index is 3.37. The molecule has 0 heterocycles. The molecule has 0 atom stereocenters. The van der Waals surface area contributed by atoms with Crippen molar-refractivity contribution < 1.29 is 13.2 Å². The molecule has 0 aliphatic carbocycles. The molecular weight excluding hydrogens is 383 g/mol. The van der Waals surface area contributed by atoms with Gasteiger partial charge in [-0.1, -0.05) is 11.6 Å². The van der Waals surface area contributed by atoms with Gasteiger partial charge in [-0.2, -0.15) is 13.2 Å². The molecule has 72 valence electrons. The van der Waals surface area contributed by atoms with Crippen molar-refractivity contribution in [3.05, 3.63) is 30.8 Å². The molecule has 0 spiro atoms. The van der Waals surface area contributed by atoms with Crippen LogP contribution in [0.15, 0.2) is 16.6 Å². The monoisotopic (exact) mass is 384 g/mol. The fourth-order valence-corrected chi connectivity index (χ4v) is 2.49. The van der Waals surface area contributed by atoms with Gasteiger partial charge in [0.2, 0.25) is 0 Å². The van der Waals surface area contributed by atoms with Crippen LogP contribution >= 0.6 is 50.1 Å². The summed E-state index contributed by atoms with van der Waals surface area (Å²) < 4.78 is 37.6. The van der Waals surface area contributed by atoms with Gasteiger partial charge in [0.25, 0.3) is 0 Å². The third kappa shape index (κ3) is 2.73. The Morgan fingerprint density at radius 2 is 1.85 bits per heavy atom. The Hall–Kier alpha value is 0.510. The Labute approximate surface area is 99.7 Å². The lowest BCUT2D eigenvalue weighted by Crippen LogP contribution is -2.06. The van der Waals surface area contributed by atoms with Crippen LogP contribution in [0, 0.1) is 3.57 Å². The lowest BCUT2D eigenvalue weighted by Gasteiger charge is -2.10. The summed E-state index contributed by atoms with van der Waals surface area (Å²) in [4.78, 5) is 0. The standard InChI is InChI=1S/C7H2BrClF3I/c8-5-2-3(13)1-4(6(5)9)7(10,11)12/h1-2H. The average molecular weight is 385 g/mol. The molecule has 0 N–H and O–H groups in total. The Morgan fingerprint density at radius 1 is 1.31 bits per heavy atom. The van der Waals surface area contributed by atoms with Gasteiger partial charge in [-0.15, -0.1) is 0 Å². The first-order valence-corrected chi connectivity index (χ1v) is 5.29. The van der Waals surface area contributed by atoms with Crippen molar-refractivity contribution in [3.8, 4) is 0 Å². The zero-order chi connectivity index (χ0) is 10.2. The molecule has 0 amide bonds. The van der Waals surface area contributed by atoms with Crippen LogP contribution in [0.1, 0.15) is 5.56 Å². The van der Waals surface area contributed by atoms with Gasteiger partial charge in [-0.25, -0.2) is 0 Å². The van der Waals surface area contributed by atoms with Gasteiger partial charge in [0.05, 0.1) is 10.6 Å². The molecule has 1 rings (SSSR count). The van der Waals surface area contributed by atoms with E-state index in [0.29, 0.717) is 3.57 Å². The summed E-state index contributed by atoms with van der Waals surface area (Å²) in [6.45, 7) is 0. The van der Waals surface area contributed by atoms with Gasteiger partial charge in [-0.3, -0.25) is 0 Å². The summed E-state index contributed by atoms with van der Waals surface area (Å²) in [6.07, 6.45) is -4.40. The minimum atomic E-state index is -4.40. The van der Waals surface area contributed by atoms with Gasteiger partial charge in [0.15, 0.2) is 0 Å². The van der Waals surface area contributed by atoms with Crippen LogP contribution in [0.3, 0.4) is 0 Å². The molecule has 0 aliphatic rings. The van der Waals surface area contributed by atoms with E-state index in [0.717, 1.165) is 6.07 Å². The molecular formula is C7H2BrClF3I. The lowest BCUT2D eigenvalue weighted by atomic mass is 10.2. The predicted octanol–water partition coefficient (Wildman–Crippen LogP) is 4.73. The van der Waals surface area contributed by atoms with Crippen LogP contribution in [0.2, 0.25) is 5.02 Å². The van der Waals surface area contributed by atoms with Crippen LogP contribution in [-0.2, 0) is 6.18 Å². The van der Waals surface area contributed by atoms with E-state index in [1.54, 1.807) is 22.6 Å². The smallest absolute Gasteiger partial charge is 0.166 e. The van der Waals surface area contributed by atoms with Crippen LogP contribution in [0.4, 0.5) is 13.2 Å². The minimum absolute atomic E-state index is 0.258. The molecule has 1 aromatic rings. The third-order valence-corrected chi connectivity index (χ3v) is 3.18. The van der Waals surface area contributed by atoms with Crippen molar-refractivity contribution in [2.24, 2.45) is 0 Å². The second-order valence-corrected chi connectivity index (χ2v) is 4.72. The number of hydrogen-bond donors (Lipinski definition) is 0. The normalized spacial score (nSPS) is 11.8. The van der Waals surface area contributed by atoms with Gasteiger partial charge in [0, 0.05) is 8.04 Å². The lowest BCUT2D eigenvalue weighted by molar-refractivity contribution is -0.137. The molecule has 0 saturated carbocycles. The zero-order valence-electron chi connectivity index (χ0n) is 5.92. The fraction of sp³-hybridized carbons (Fsp3) is 0.143. The largest absolute Gasteiger partial charge is 0.417 e. The quantitative estimate of drug-likeness (QED) is 0.448. The van der Waals surface area contributed by atoms with Crippen molar-refractivity contribution in [1.82, 2.24) is 0 Å². The fourth-order valence-electron chi connectivity index (χ4n) is 0.762. The summed E-state index contributed by atoms with van der Waals surface area (Å²) in [6, 6.07) is 2.53. The third-order valence-electron chi connectivity index (χ3n) is 1.30. The maximum Gasteiger partial charge on any atom is 0.417 e. The molecule has 0 fully saturated rings. The average Bonchev–Trinajstić information content (AvgIpc) is 1.94. The molecule has 0 unspecified atom stereocenters. The molecule has 0 aromatic heterocycles. The zero-order valence-corrected chi connectivity index (χ0v) is 10.4. The molecule has 0 aliphatic heterocycles. The number of hydrogen-bond acceptors (Lipinski definition) is 0. The topological polar surface area (TPSA) is 0 Å². The Morgan fingerprint density at radius 3 is 2.31 bits per heavy atom. The van der Waals surface area contributed by atoms with Gasteiger partial charge >= 0.3 is 6.18 Å². The SMILES string of the molecule is FC(F)(F)c1cc(I)cc(Br)c1Cl. The van der Waals surface area contributed by atoms with E-state index in [-0.39, 0.29) is 9.50 Å². The van der Waals surface area contributed by atoms with E-state index in [2.05, 4.69) is 15.9 Å². The summed E-state index contributed by atoms with van der Waals surface area (Å²) in [7, 11) is 0. The Bertz CT molecular complexity index is 337. The number of rotatable bonds is 0. The van der Waals surface area contributed by atoms with Crippen LogP contribution in [0.5, 0.6) is 0 Å². The molecule has 1 aromatic carbocycles.